The highest BCUT2D eigenvalue weighted by Crippen LogP contribution is 2.38. The van der Waals surface area contributed by atoms with Crippen molar-refractivity contribution in [1.29, 1.82) is 0 Å². The van der Waals surface area contributed by atoms with Crippen molar-refractivity contribution in [3.8, 4) is 11.5 Å². The lowest BCUT2D eigenvalue weighted by Crippen LogP contribution is -2.51. The van der Waals surface area contributed by atoms with Crippen LogP contribution in [0.2, 0.25) is 0 Å². The minimum Gasteiger partial charge on any atom is -0.508 e. The van der Waals surface area contributed by atoms with E-state index in [4.69, 9.17) is 0 Å². The molecule has 33 heavy (non-hydrogen) atoms. The maximum absolute atomic E-state index is 13.3. The molecule has 2 aliphatic rings. The van der Waals surface area contributed by atoms with E-state index < -0.39 is 12.0 Å². The first-order valence-corrected chi connectivity index (χ1v) is 12.4. The third-order valence-corrected chi connectivity index (χ3v) is 7.57. The Hall–Kier alpha value is -2.28. The second kappa shape index (κ2) is 10.8. The van der Waals surface area contributed by atoms with Gasteiger partial charge in [0.2, 0.25) is 0 Å². The van der Waals surface area contributed by atoms with E-state index in [0.717, 1.165) is 25.7 Å². The van der Waals surface area contributed by atoms with Crippen molar-refractivity contribution in [2.75, 3.05) is 13.1 Å². The van der Waals surface area contributed by atoms with Crippen LogP contribution in [0, 0.1) is 17.8 Å². The summed E-state index contributed by atoms with van der Waals surface area (Å²) in [4.78, 5) is 27.3. The molecule has 1 saturated carbocycles. The van der Waals surface area contributed by atoms with Crippen LogP contribution in [-0.4, -0.2) is 57.3 Å². The summed E-state index contributed by atoms with van der Waals surface area (Å²) in [5, 5.41) is 33.8. The van der Waals surface area contributed by atoms with Crippen LogP contribution >= 0.6 is 0 Å². The zero-order valence-electron chi connectivity index (χ0n) is 20.4. The average Bonchev–Trinajstić information content (AvgIpc) is 3.41. The van der Waals surface area contributed by atoms with Gasteiger partial charge in [0, 0.05) is 25.2 Å². The van der Waals surface area contributed by atoms with E-state index in [-0.39, 0.29) is 46.8 Å². The second-order valence-corrected chi connectivity index (χ2v) is 10.5. The number of phenols is 2. The lowest BCUT2D eigenvalue weighted by atomic mass is 9.77. The van der Waals surface area contributed by atoms with Crippen molar-refractivity contribution >= 4 is 11.9 Å². The lowest BCUT2D eigenvalue weighted by Gasteiger charge is -2.34. The first-order valence-electron chi connectivity index (χ1n) is 12.4. The number of hydrogen-bond donors (Lipinski definition) is 4. The Morgan fingerprint density at radius 3 is 2.27 bits per heavy atom. The predicted molar refractivity (Wildman–Crippen MR) is 128 cm³/mol. The van der Waals surface area contributed by atoms with Gasteiger partial charge in [-0.25, -0.2) is 0 Å². The molecule has 2 unspecified atom stereocenters. The standard InChI is InChI=1S/C26H40N2O5/c1-15(2)19-12-20(22(30)13-21(19)29)25(31)28-11-7-10-18(28)14-27-24(26(32)33)23(16(3)4)17-8-5-6-9-17/h12-13,15-18,23-24,27,29-30H,5-11,14H2,1-4H3,(H,32,33)/t18?,23?,24-/m1/s1. The van der Waals surface area contributed by atoms with Crippen LogP contribution in [0.1, 0.15) is 88.1 Å². The molecule has 2 fully saturated rings. The molecule has 1 aromatic rings. The third-order valence-electron chi connectivity index (χ3n) is 7.57. The van der Waals surface area contributed by atoms with Crippen molar-refractivity contribution in [1.82, 2.24) is 10.2 Å². The summed E-state index contributed by atoms with van der Waals surface area (Å²) in [6.45, 7) is 9.03. The SMILES string of the molecule is CC(C)c1cc(C(=O)N2CCCC2CN[C@@H](C(=O)O)C(C(C)C)C2CCCC2)c(O)cc1O. The largest absolute Gasteiger partial charge is 0.508 e. The number of amides is 1. The smallest absolute Gasteiger partial charge is 0.321 e. The van der Waals surface area contributed by atoms with Gasteiger partial charge in [-0.05, 0) is 48.1 Å². The number of nitrogens with zero attached hydrogens (tertiary/aromatic N) is 1. The fourth-order valence-corrected chi connectivity index (χ4v) is 5.89. The van der Waals surface area contributed by atoms with Crippen molar-refractivity contribution in [3.05, 3.63) is 23.3 Å². The third kappa shape index (κ3) is 5.62. The summed E-state index contributed by atoms with van der Waals surface area (Å²) < 4.78 is 0. The molecule has 0 radical (unpaired) electrons. The van der Waals surface area contributed by atoms with E-state index in [1.165, 1.54) is 18.9 Å². The van der Waals surface area contributed by atoms with Gasteiger partial charge in [0.15, 0.2) is 0 Å². The average molecular weight is 461 g/mol. The highest BCUT2D eigenvalue weighted by molar-refractivity contribution is 5.97. The number of benzene rings is 1. The number of rotatable bonds is 9. The normalized spacial score (nSPS) is 21.2. The van der Waals surface area contributed by atoms with Gasteiger partial charge in [-0.3, -0.25) is 9.59 Å². The van der Waals surface area contributed by atoms with E-state index in [1.807, 2.05) is 13.8 Å². The zero-order chi connectivity index (χ0) is 24.3. The Morgan fingerprint density at radius 1 is 1.03 bits per heavy atom. The summed E-state index contributed by atoms with van der Waals surface area (Å²) in [6.07, 6.45) is 6.12. The predicted octanol–water partition coefficient (Wildman–Crippen LogP) is 4.33. The molecule has 1 heterocycles. The number of carboxylic acid groups (broad SMARTS) is 1. The topological polar surface area (TPSA) is 110 Å². The Labute approximate surface area is 197 Å². The Balaban J connectivity index is 1.75. The second-order valence-electron chi connectivity index (χ2n) is 10.5. The molecule has 1 aromatic carbocycles. The minimum atomic E-state index is -0.825. The van der Waals surface area contributed by atoms with Gasteiger partial charge in [-0.1, -0.05) is 53.4 Å². The van der Waals surface area contributed by atoms with Crippen LogP contribution < -0.4 is 5.32 Å². The summed E-state index contributed by atoms with van der Waals surface area (Å²) in [6, 6.07) is 2.04. The summed E-state index contributed by atoms with van der Waals surface area (Å²) >= 11 is 0. The first kappa shape index (κ1) is 25.3. The molecular formula is C26H40N2O5. The van der Waals surface area contributed by atoms with Crippen LogP contribution in [0.15, 0.2) is 12.1 Å². The highest BCUT2D eigenvalue weighted by atomic mass is 16.4. The zero-order valence-corrected chi connectivity index (χ0v) is 20.4. The van der Waals surface area contributed by atoms with Crippen molar-refractivity contribution < 1.29 is 24.9 Å². The number of aromatic hydroxyl groups is 2. The molecule has 3 atom stereocenters. The van der Waals surface area contributed by atoms with Crippen molar-refractivity contribution in [2.24, 2.45) is 17.8 Å². The van der Waals surface area contributed by atoms with Crippen LogP contribution in [-0.2, 0) is 4.79 Å². The van der Waals surface area contributed by atoms with E-state index in [1.54, 1.807) is 11.0 Å². The highest BCUT2D eigenvalue weighted by Gasteiger charge is 2.39. The molecule has 0 spiro atoms. The number of nitrogens with one attached hydrogen (secondary N) is 1. The van der Waals surface area contributed by atoms with E-state index in [9.17, 15) is 24.9 Å². The number of phenolic OH excluding ortho intramolecular Hbond substituents is 2. The Kier molecular flexibility index (Phi) is 8.27. The Morgan fingerprint density at radius 2 is 1.70 bits per heavy atom. The maximum atomic E-state index is 13.3. The summed E-state index contributed by atoms with van der Waals surface area (Å²) in [7, 11) is 0. The van der Waals surface area contributed by atoms with Gasteiger partial charge in [-0.2, -0.15) is 0 Å². The van der Waals surface area contributed by atoms with E-state index in [0.29, 0.717) is 24.6 Å². The number of likely N-dealkylation sites (tertiary alicyclic amines) is 1. The number of aliphatic carboxylic acids is 1. The molecule has 184 valence electrons. The summed E-state index contributed by atoms with van der Waals surface area (Å²) in [5.41, 5.74) is 0.802. The number of carbonyl (C=O) groups excluding carboxylic acids is 1. The fourth-order valence-electron chi connectivity index (χ4n) is 5.89. The first-order chi connectivity index (χ1) is 15.6. The van der Waals surface area contributed by atoms with Crippen molar-refractivity contribution in [2.45, 2.75) is 84.2 Å². The molecule has 1 aliphatic carbocycles. The van der Waals surface area contributed by atoms with Crippen LogP contribution in [0.3, 0.4) is 0 Å². The molecule has 4 N–H and O–H groups in total. The molecular weight excluding hydrogens is 420 g/mol. The van der Waals surface area contributed by atoms with Gasteiger partial charge >= 0.3 is 5.97 Å². The molecule has 3 rings (SSSR count). The maximum Gasteiger partial charge on any atom is 0.321 e. The van der Waals surface area contributed by atoms with Crippen LogP contribution in [0.5, 0.6) is 11.5 Å². The molecule has 1 amide bonds. The van der Waals surface area contributed by atoms with Gasteiger partial charge in [0.05, 0.1) is 5.56 Å². The number of carboxylic acids is 1. The monoisotopic (exact) mass is 460 g/mol. The van der Waals surface area contributed by atoms with Crippen LogP contribution in [0.25, 0.3) is 0 Å². The molecule has 0 bridgehead atoms. The number of hydrogen-bond acceptors (Lipinski definition) is 5. The molecule has 7 heteroatoms. The van der Waals surface area contributed by atoms with Crippen LogP contribution in [0.4, 0.5) is 0 Å². The molecule has 0 aromatic heterocycles. The van der Waals surface area contributed by atoms with E-state index in [2.05, 4.69) is 19.2 Å². The minimum absolute atomic E-state index is 0.00747. The lowest BCUT2D eigenvalue weighted by molar-refractivity contribution is -0.142. The Bertz CT molecular complexity index is 847. The van der Waals surface area contributed by atoms with Gasteiger partial charge in [0.1, 0.15) is 17.5 Å². The van der Waals surface area contributed by atoms with Crippen molar-refractivity contribution in [3.63, 3.8) is 0 Å². The van der Waals surface area contributed by atoms with Gasteiger partial charge in [0.25, 0.3) is 5.91 Å². The van der Waals surface area contributed by atoms with E-state index >= 15 is 0 Å². The summed E-state index contributed by atoms with van der Waals surface area (Å²) in [5.74, 6) is -0.608. The van der Waals surface area contributed by atoms with Gasteiger partial charge < -0.3 is 25.5 Å². The molecule has 7 nitrogen and oxygen atoms in total. The quantitative estimate of drug-likeness (QED) is 0.437. The number of carbonyl (C=O) groups is 2. The molecule has 1 saturated heterocycles. The fraction of sp³-hybridized carbons (Fsp3) is 0.692. The molecule has 1 aliphatic heterocycles. The van der Waals surface area contributed by atoms with Gasteiger partial charge in [-0.15, -0.1) is 0 Å².